The summed E-state index contributed by atoms with van der Waals surface area (Å²) < 4.78 is 6.23. The second kappa shape index (κ2) is 12.6. The second-order valence-corrected chi connectivity index (χ2v) is 9.21. The first kappa shape index (κ1) is 25.1. The number of nitrogens with one attached hydrogen (secondary N) is 3. The summed E-state index contributed by atoms with van der Waals surface area (Å²) >= 11 is 3.40. The fraction of sp³-hybridized carbons (Fsp3) is 0.440. The van der Waals surface area contributed by atoms with Crippen LogP contribution >= 0.6 is 15.9 Å². The molecule has 1 aliphatic heterocycles. The van der Waals surface area contributed by atoms with Gasteiger partial charge in [0.15, 0.2) is 0 Å². The summed E-state index contributed by atoms with van der Waals surface area (Å²) in [5, 5.41) is 8.65. The number of nitrogens with zero attached hydrogens (tertiary/aromatic N) is 1. The van der Waals surface area contributed by atoms with E-state index in [2.05, 4.69) is 43.7 Å². The average Bonchev–Trinajstić information content (AvgIpc) is 2.79. The number of amides is 3. The van der Waals surface area contributed by atoms with Crippen molar-refractivity contribution < 1.29 is 14.3 Å². The van der Waals surface area contributed by atoms with Crippen LogP contribution in [0.5, 0.6) is 0 Å². The first-order valence-corrected chi connectivity index (χ1v) is 12.3. The Kier molecular flexibility index (Phi) is 9.57. The number of carbonyl (C=O) groups excluding carboxylic acids is 2. The molecule has 0 spiro atoms. The molecule has 33 heavy (non-hydrogen) atoms. The molecule has 1 aliphatic rings. The quantitative estimate of drug-likeness (QED) is 0.385. The van der Waals surface area contributed by atoms with E-state index in [0.717, 1.165) is 42.5 Å². The van der Waals surface area contributed by atoms with Crippen LogP contribution < -0.4 is 20.9 Å². The van der Waals surface area contributed by atoms with Crippen molar-refractivity contribution >= 4 is 44.9 Å². The minimum absolute atomic E-state index is 0.142. The van der Waals surface area contributed by atoms with Crippen molar-refractivity contribution in [2.75, 3.05) is 48.4 Å². The summed E-state index contributed by atoms with van der Waals surface area (Å²) in [6.07, 6.45) is 2.96. The van der Waals surface area contributed by atoms with Gasteiger partial charge in [0.1, 0.15) is 0 Å². The minimum atomic E-state index is -0.365. The Labute approximate surface area is 204 Å². The molecule has 1 fully saturated rings. The molecule has 1 heterocycles. The van der Waals surface area contributed by atoms with Gasteiger partial charge in [0, 0.05) is 54.4 Å². The molecule has 0 bridgehead atoms. The number of rotatable bonds is 9. The molecule has 0 aromatic heterocycles. The molecule has 0 unspecified atom stereocenters. The van der Waals surface area contributed by atoms with Gasteiger partial charge in [-0.3, -0.25) is 4.79 Å². The van der Waals surface area contributed by atoms with Crippen molar-refractivity contribution in [3.8, 4) is 0 Å². The van der Waals surface area contributed by atoms with Crippen LogP contribution in [0.15, 0.2) is 46.9 Å². The number of benzene rings is 2. The maximum Gasteiger partial charge on any atom is 0.323 e. The first-order valence-electron chi connectivity index (χ1n) is 11.5. The van der Waals surface area contributed by atoms with Crippen molar-refractivity contribution in [2.45, 2.75) is 33.1 Å². The zero-order chi connectivity index (χ0) is 23.6. The molecule has 178 valence electrons. The molecule has 2 aromatic rings. The summed E-state index contributed by atoms with van der Waals surface area (Å²) in [5.41, 5.74) is 2.72. The highest BCUT2D eigenvalue weighted by atomic mass is 79.9. The fourth-order valence-corrected chi connectivity index (χ4v) is 4.20. The normalized spacial score (nSPS) is 14.1. The molecule has 0 aliphatic carbocycles. The van der Waals surface area contributed by atoms with Gasteiger partial charge in [0.25, 0.3) is 5.91 Å². The maximum absolute atomic E-state index is 13.1. The van der Waals surface area contributed by atoms with Crippen molar-refractivity contribution in [2.24, 2.45) is 5.92 Å². The number of halogens is 1. The number of urea groups is 1. The Bertz CT molecular complexity index is 945. The van der Waals surface area contributed by atoms with Gasteiger partial charge in [-0.25, -0.2) is 4.79 Å². The highest BCUT2D eigenvalue weighted by Crippen LogP contribution is 2.29. The topological polar surface area (TPSA) is 82.7 Å². The summed E-state index contributed by atoms with van der Waals surface area (Å²) in [6.45, 7) is 7.88. The van der Waals surface area contributed by atoms with Crippen molar-refractivity contribution in [3.05, 3.63) is 52.5 Å². The number of piperidine rings is 1. The van der Waals surface area contributed by atoms with Crippen LogP contribution in [0.3, 0.4) is 0 Å². The van der Waals surface area contributed by atoms with E-state index >= 15 is 0 Å². The van der Waals surface area contributed by atoms with Crippen molar-refractivity contribution in [1.82, 2.24) is 5.32 Å². The SMILES string of the molecule is CCOCCCNC(=O)c1cc(NC(=O)Nc2cccc(Br)c2)ccc1N1CCC(C)CC1. The van der Waals surface area contributed by atoms with E-state index in [1.165, 1.54) is 0 Å². The first-order chi connectivity index (χ1) is 16.0. The van der Waals surface area contributed by atoms with E-state index in [1.54, 1.807) is 6.07 Å². The molecule has 0 radical (unpaired) electrons. The molecule has 0 atom stereocenters. The van der Waals surface area contributed by atoms with Crippen molar-refractivity contribution in [1.29, 1.82) is 0 Å². The molecule has 3 amide bonds. The van der Waals surface area contributed by atoms with E-state index < -0.39 is 0 Å². The van der Waals surface area contributed by atoms with Crippen LogP contribution in [-0.4, -0.2) is 44.8 Å². The lowest BCUT2D eigenvalue weighted by molar-refractivity contribution is 0.0944. The lowest BCUT2D eigenvalue weighted by Gasteiger charge is -2.33. The molecule has 1 saturated heterocycles. The van der Waals surface area contributed by atoms with Gasteiger partial charge < -0.3 is 25.6 Å². The van der Waals surface area contributed by atoms with Gasteiger partial charge in [-0.1, -0.05) is 28.9 Å². The van der Waals surface area contributed by atoms with Gasteiger partial charge in [-0.2, -0.15) is 0 Å². The Balaban J connectivity index is 1.72. The molecule has 2 aromatic carbocycles. The molecular formula is C25H33BrN4O3. The lowest BCUT2D eigenvalue weighted by Crippen LogP contribution is -2.35. The van der Waals surface area contributed by atoms with Gasteiger partial charge in [-0.15, -0.1) is 0 Å². The number of hydrogen-bond acceptors (Lipinski definition) is 4. The van der Waals surface area contributed by atoms with Gasteiger partial charge in [0.2, 0.25) is 0 Å². The van der Waals surface area contributed by atoms with Crippen molar-refractivity contribution in [3.63, 3.8) is 0 Å². The smallest absolute Gasteiger partial charge is 0.323 e. The highest BCUT2D eigenvalue weighted by molar-refractivity contribution is 9.10. The van der Waals surface area contributed by atoms with Gasteiger partial charge >= 0.3 is 6.03 Å². The van der Waals surface area contributed by atoms with E-state index in [9.17, 15) is 9.59 Å². The Hall–Kier alpha value is -2.58. The van der Waals surface area contributed by atoms with Crippen LogP contribution in [-0.2, 0) is 4.74 Å². The monoisotopic (exact) mass is 516 g/mol. The van der Waals surface area contributed by atoms with Crippen LogP contribution in [0.2, 0.25) is 0 Å². The average molecular weight is 517 g/mol. The van der Waals surface area contributed by atoms with Crippen LogP contribution in [0.1, 0.15) is 43.5 Å². The van der Waals surface area contributed by atoms with E-state index in [0.29, 0.717) is 42.6 Å². The Morgan fingerprint density at radius 1 is 1.09 bits per heavy atom. The predicted octanol–water partition coefficient (Wildman–Crippen LogP) is 5.49. The van der Waals surface area contributed by atoms with E-state index in [-0.39, 0.29) is 11.9 Å². The second-order valence-electron chi connectivity index (χ2n) is 8.30. The third kappa shape index (κ3) is 7.75. The lowest BCUT2D eigenvalue weighted by atomic mass is 9.98. The number of ether oxygens (including phenoxy) is 1. The summed E-state index contributed by atoms with van der Waals surface area (Å²) in [4.78, 5) is 27.8. The van der Waals surface area contributed by atoms with Crippen LogP contribution in [0.4, 0.5) is 21.9 Å². The predicted molar refractivity (Wildman–Crippen MR) is 137 cm³/mol. The number of anilines is 3. The standard InChI is InChI=1S/C25H33BrN4O3/c1-3-33-15-5-12-27-24(31)22-17-21(8-9-23(22)30-13-10-18(2)11-14-30)29-25(32)28-20-7-4-6-19(26)16-20/h4,6-9,16-18H,3,5,10-15H2,1-2H3,(H,27,31)(H2,28,29,32). The number of hydrogen-bond donors (Lipinski definition) is 3. The van der Waals surface area contributed by atoms with E-state index in [4.69, 9.17) is 4.74 Å². The van der Waals surface area contributed by atoms with Gasteiger partial charge in [0.05, 0.1) is 5.56 Å². The summed E-state index contributed by atoms with van der Waals surface area (Å²) in [7, 11) is 0. The largest absolute Gasteiger partial charge is 0.382 e. The Morgan fingerprint density at radius 2 is 1.82 bits per heavy atom. The summed E-state index contributed by atoms with van der Waals surface area (Å²) in [5.74, 6) is 0.552. The molecule has 8 heteroatoms. The third-order valence-corrected chi connectivity index (χ3v) is 6.15. The van der Waals surface area contributed by atoms with Crippen LogP contribution in [0, 0.1) is 5.92 Å². The minimum Gasteiger partial charge on any atom is -0.382 e. The fourth-order valence-electron chi connectivity index (χ4n) is 3.80. The Morgan fingerprint density at radius 3 is 2.52 bits per heavy atom. The maximum atomic E-state index is 13.1. The summed E-state index contributed by atoms with van der Waals surface area (Å²) in [6, 6.07) is 12.5. The molecule has 3 N–H and O–H groups in total. The molecule has 0 saturated carbocycles. The third-order valence-electron chi connectivity index (χ3n) is 5.66. The zero-order valence-electron chi connectivity index (χ0n) is 19.3. The van der Waals surface area contributed by atoms with Crippen LogP contribution in [0.25, 0.3) is 0 Å². The molecule has 3 rings (SSSR count). The zero-order valence-corrected chi connectivity index (χ0v) is 20.9. The molecule has 7 nitrogen and oxygen atoms in total. The van der Waals surface area contributed by atoms with Gasteiger partial charge in [-0.05, 0) is 68.5 Å². The van der Waals surface area contributed by atoms with E-state index in [1.807, 2.05) is 43.3 Å². The number of carbonyl (C=O) groups is 2. The highest BCUT2D eigenvalue weighted by Gasteiger charge is 2.22. The molecular weight excluding hydrogens is 484 g/mol.